The number of hydrogen-bond donors (Lipinski definition) is 2. The predicted octanol–water partition coefficient (Wildman–Crippen LogP) is 3.70. The van der Waals surface area contributed by atoms with E-state index in [1.807, 2.05) is 24.4 Å². The van der Waals surface area contributed by atoms with Crippen molar-refractivity contribution >= 4 is 5.82 Å². The summed E-state index contributed by atoms with van der Waals surface area (Å²) < 4.78 is 21.5. The first-order chi connectivity index (χ1) is 16.2. The molecule has 168 valence electrons. The van der Waals surface area contributed by atoms with Crippen LogP contribution < -0.4 is 15.4 Å². The van der Waals surface area contributed by atoms with Crippen LogP contribution in [0.15, 0.2) is 61.1 Å². The molecule has 0 aliphatic carbocycles. The van der Waals surface area contributed by atoms with Gasteiger partial charge in [-0.15, -0.1) is 0 Å². The lowest BCUT2D eigenvalue weighted by molar-refractivity contribution is 0.413. The predicted molar refractivity (Wildman–Crippen MR) is 124 cm³/mol. The van der Waals surface area contributed by atoms with E-state index in [2.05, 4.69) is 30.7 Å². The first-order valence-corrected chi connectivity index (χ1v) is 10.9. The number of halogens is 1. The Morgan fingerprint density at radius 1 is 1.18 bits per heavy atom. The number of nitrogens with zero attached hydrogens (tertiary/aromatic N) is 5. The van der Waals surface area contributed by atoms with Crippen LogP contribution >= 0.6 is 0 Å². The van der Waals surface area contributed by atoms with Gasteiger partial charge in [0.2, 0.25) is 0 Å². The standard InChI is InChI=1S/C24H24FN7O/c1-33-20-7-2-6-18(25)23(20)24-27-12-10-19(30-24)16-13-29-32(15-16)22-9-3-8-21(31-22)28-14-17-5-4-11-26-17/h2-3,6-10,12-13,15,17,26H,4-5,11,14H2,1H3,(H,28,31)/t17-/m1/s1. The van der Waals surface area contributed by atoms with E-state index in [4.69, 9.17) is 4.74 Å². The zero-order valence-corrected chi connectivity index (χ0v) is 18.2. The Morgan fingerprint density at radius 3 is 2.94 bits per heavy atom. The number of nitrogens with one attached hydrogen (secondary N) is 2. The molecule has 1 aliphatic heterocycles. The molecule has 1 aromatic carbocycles. The van der Waals surface area contributed by atoms with Gasteiger partial charge in [0.25, 0.3) is 0 Å². The third-order valence-electron chi connectivity index (χ3n) is 5.61. The topological polar surface area (TPSA) is 89.8 Å². The molecule has 9 heteroatoms. The van der Waals surface area contributed by atoms with Gasteiger partial charge in [0.1, 0.15) is 17.4 Å². The number of aromatic nitrogens is 5. The summed E-state index contributed by atoms with van der Waals surface area (Å²) in [7, 11) is 1.49. The third kappa shape index (κ3) is 4.54. The van der Waals surface area contributed by atoms with E-state index in [9.17, 15) is 4.39 Å². The van der Waals surface area contributed by atoms with Crippen molar-refractivity contribution in [2.75, 3.05) is 25.5 Å². The van der Waals surface area contributed by atoms with Crippen molar-refractivity contribution in [1.29, 1.82) is 0 Å². The average Bonchev–Trinajstić information content (AvgIpc) is 3.55. The summed E-state index contributed by atoms with van der Waals surface area (Å²) in [6, 6.07) is 12.7. The fourth-order valence-corrected chi connectivity index (χ4v) is 3.92. The van der Waals surface area contributed by atoms with Crippen LogP contribution in [0.4, 0.5) is 10.2 Å². The van der Waals surface area contributed by atoms with Gasteiger partial charge in [-0.05, 0) is 49.7 Å². The molecule has 5 rings (SSSR count). The second kappa shape index (κ2) is 9.33. The van der Waals surface area contributed by atoms with Crippen molar-refractivity contribution in [2.24, 2.45) is 0 Å². The Morgan fingerprint density at radius 2 is 2.09 bits per heavy atom. The number of anilines is 1. The number of ether oxygens (including phenoxy) is 1. The molecule has 0 bridgehead atoms. The maximum Gasteiger partial charge on any atom is 0.166 e. The molecule has 0 saturated carbocycles. The fourth-order valence-electron chi connectivity index (χ4n) is 3.92. The van der Waals surface area contributed by atoms with Gasteiger partial charge in [-0.1, -0.05) is 12.1 Å². The summed E-state index contributed by atoms with van der Waals surface area (Å²) in [5, 5.41) is 11.3. The molecule has 4 heterocycles. The maximum absolute atomic E-state index is 14.5. The molecule has 8 nitrogen and oxygen atoms in total. The maximum atomic E-state index is 14.5. The highest BCUT2D eigenvalue weighted by Gasteiger charge is 2.16. The van der Waals surface area contributed by atoms with E-state index in [1.165, 1.54) is 26.0 Å². The zero-order chi connectivity index (χ0) is 22.6. The normalized spacial score (nSPS) is 15.5. The highest BCUT2D eigenvalue weighted by molar-refractivity contribution is 5.68. The second-order valence-electron chi connectivity index (χ2n) is 7.81. The van der Waals surface area contributed by atoms with Crippen molar-refractivity contribution in [3.05, 3.63) is 66.9 Å². The third-order valence-corrected chi connectivity index (χ3v) is 5.61. The summed E-state index contributed by atoms with van der Waals surface area (Å²) in [5.74, 6) is 1.68. The fraction of sp³-hybridized carbons (Fsp3) is 0.250. The number of methoxy groups -OCH3 is 1. The molecule has 0 amide bonds. The molecule has 0 unspecified atom stereocenters. The van der Waals surface area contributed by atoms with Gasteiger partial charge in [0.05, 0.1) is 24.6 Å². The number of hydrogen-bond acceptors (Lipinski definition) is 7. The quantitative estimate of drug-likeness (QED) is 0.448. The van der Waals surface area contributed by atoms with Crippen LogP contribution in [-0.2, 0) is 0 Å². The highest BCUT2D eigenvalue weighted by atomic mass is 19.1. The molecule has 1 atom stereocenters. The van der Waals surface area contributed by atoms with Gasteiger partial charge in [-0.2, -0.15) is 5.10 Å². The Labute approximate surface area is 190 Å². The Hall–Kier alpha value is -3.85. The van der Waals surface area contributed by atoms with E-state index in [1.54, 1.807) is 35.3 Å². The Kier molecular flexibility index (Phi) is 5.95. The number of pyridine rings is 1. The van der Waals surface area contributed by atoms with Crippen molar-refractivity contribution in [3.63, 3.8) is 0 Å². The van der Waals surface area contributed by atoms with Crippen LogP contribution in [-0.4, -0.2) is 51.0 Å². The van der Waals surface area contributed by atoms with Crippen molar-refractivity contribution in [3.8, 4) is 34.2 Å². The number of rotatable bonds is 7. The Balaban J connectivity index is 1.38. The summed E-state index contributed by atoms with van der Waals surface area (Å²) in [6.45, 7) is 1.91. The van der Waals surface area contributed by atoms with Crippen LogP contribution in [0.3, 0.4) is 0 Å². The van der Waals surface area contributed by atoms with Crippen LogP contribution in [0.25, 0.3) is 28.5 Å². The summed E-state index contributed by atoms with van der Waals surface area (Å²) in [4.78, 5) is 13.5. The van der Waals surface area contributed by atoms with Crippen LogP contribution in [0, 0.1) is 5.82 Å². The van der Waals surface area contributed by atoms with Gasteiger partial charge >= 0.3 is 0 Å². The van der Waals surface area contributed by atoms with Gasteiger partial charge in [-0.3, -0.25) is 0 Å². The van der Waals surface area contributed by atoms with Gasteiger partial charge in [-0.25, -0.2) is 24.0 Å². The van der Waals surface area contributed by atoms with Crippen LogP contribution in [0.5, 0.6) is 5.75 Å². The van der Waals surface area contributed by atoms with Crippen LogP contribution in [0.2, 0.25) is 0 Å². The van der Waals surface area contributed by atoms with Gasteiger partial charge in [0, 0.05) is 30.5 Å². The molecular weight excluding hydrogens is 421 g/mol. The molecule has 4 aromatic rings. The average molecular weight is 446 g/mol. The largest absolute Gasteiger partial charge is 0.496 e. The molecule has 0 spiro atoms. The lowest BCUT2D eigenvalue weighted by Gasteiger charge is -2.12. The molecule has 1 aliphatic rings. The van der Waals surface area contributed by atoms with E-state index in [0.29, 0.717) is 23.3 Å². The lowest BCUT2D eigenvalue weighted by Crippen LogP contribution is -2.29. The zero-order valence-electron chi connectivity index (χ0n) is 18.2. The highest BCUT2D eigenvalue weighted by Crippen LogP contribution is 2.31. The van der Waals surface area contributed by atoms with Gasteiger partial charge in [0.15, 0.2) is 11.6 Å². The first-order valence-electron chi connectivity index (χ1n) is 10.9. The summed E-state index contributed by atoms with van der Waals surface area (Å²) in [5.41, 5.74) is 1.62. The summed E-state index contributed by atoms with van der Waals surface area (Å²) >= 11 is 0. The first kappa shape index (κ1) is 21.0. The minimum atomic E-state index is -0.441. The molecule has 1 fully saturated rings. The molecule has 2 N–H and O–H groups in total. The second-order valence-corrected chi connectivity index (χ2v) is 7.81. The smallest absolute Gasteiger partial charge is 0.166 e. The molecular formula is C24H24FN7O. The van der Waals surface area contributed by atoms with E-state index < -0.39 is 5.82 Å². The van der Waals surface area contributed by atoms with Crippen LogP contribution in [0.1, 0.15) is 12.8 Å². The van der Waals surface area contributed by atoms with E-state index in [-0.39, 0.29) is 11.4 Å². The molecule has 0 radical (unpaired) electrons. The monoisotopic (exact) mass is 445 g/mol. The Bertz CT molecular complexity index is 1250. The molecule has 33 heavy (non-hydrogen) atoms. The minimum Gasteiger partial charge on any atom is -0.496 e. The minimum absolute atomic E-state index is 0.228. The van der Waals surface area contributed by atoms with E-state index in [0.717, 1.165) is 24.5 Å². The van der Waals surface area contributed by atoms with E-state index >= 15 is 0 Å². The van der Waals surface area contributed by atoms with Crippen molar-refractivity contribution < 1.29 is 9.13 Å². The van der Waals surface area contributed by atoms with Gasteiger partial charge < -0.3 is 15.4 Å². The van der Waals surface area contributed by atoms with Crippen molar-refractivity contribution in [2.45, 2.75) is 18.9 Å². The summed E-state index contributed by atoms with van der Waals surface area (Å²) in [6.07, 6.45) is 7.53. The SMILES string of the molecule is COc1cccc(F)c1-c1nccc(-c2cnn(-c3cccc(NC[C@H]4CCCN4)n3)c2)n1. The number of benzene rings is 1. The van der Waals surface area contributed by atoms with Crippen molar-refractivity contribution in [1.82, 2.24) is 30.0 Å². The molecule has 1 saturated heterocycles. The molecule has 3 aromatic heterocycles. The lowest BCUT2D eigenvalue weighted by atomic mass is 10.1.